The maximum absolute atomic E-state index is 10.7. The molecule has 2 heterocycles. The van der Waals surface area contributed by atoms with E-state index < -0.39 is 4.92 Å². The largest absolute Gasteiger partial charge is 0.489 e. The lowest BCUT2D eigenvalue weighted by Crippen LogP contribution is -2.38. The van der Waals surface area contributed by atoms with Gasteiger partial charge in [0.1, 0.15) is 11.9 Å². The predicted molar refractivity (Wildman–Crippen MR) is 88.2 cm³/mol. The molecule has 1 saturated heterocycles. The second kappa shape index (κ2) is 6.83. The number of nitro benzene ring substituents is 1. The van der Waals surface area contributed by atoms with E-state index in [0.29, 0.717) is 5.75 Å². The molecule has 0 radical (unpaired) electrons. The highest BCUT2D eigenvalue weighted by Gasteiger charge is 2.22. The lowest BCUT2D eigenvalue weighted by atomic mass is 10.1. The van der Waals surface area contributed by atoms with Gasteiger partial charge in [0.25, 0.3) is 5.69 Å². The second-order valence-electron chi connectivity index (χ2n) is 5.39. The third-order valence-electron chi connectivity index (χ3n) is 3.87. The molecule has 1 aliphatic heterocycles. The van der Waals surface area contributed by atoms with Crippen molar-refractivity contribution in [2.45, 2.75) is 18.9 Å². The first-order valence-electron chi connectivity index (χ1n) is 7.39. The number of hydrogen-bond donors (Lipinski definition) is 0. The van der Waals surface area contributed by atoms with E-state index in [1.807, 2.05) is 18.3 Å². The summed E-state index contributed by atoms with van der Waals surface area (Å²) in [5.74, 6) is 0.497. The molecule has 0 N–H and O–H groups in total. The van der Waals surface area contributed by atoms with Crippen molar-refractivity contribution in [3.8, 4) is 5.75 Å². The summed E-state index contributed by atoms with van der Waals surface area (Å²) >= 11 is 6.07. The average molecular weight is 334 g/mol. The van der Waals surface area contributed by atoms with Crippen LogP contribution in [0.1, 0.15) is 12.8 Å². The molecule has 0 amide bonds. The number of rotatable bonds is 4. The molecule has 6 nitrogen and oxygen atoms in total. The van der Waals surface area contributed by atoms with Crippen LogP contribution in [0.3, 0.4) is 0 Å². The number of pyridine rings is 1. The highest BCUT2D eigenvalue weighted by Crippen LogP contribution is 2.31. The van der Waals surface area contributed by atoms with E-state index in [1.54, 1.807) is 12.3 Å². The molecular formula is C16H16ClN3O3. The number of aromatic nitrogens is 1. The summed E-state index contributed by atoms with van der Waals surface area (Å²) in [5, 5.41) is 11.0. The Kier molecular flexibility index (Phi) is 4.62. The van der Waals surface area contributed by atoms with Crippen LogP contribution in [0.4, 0.5) is 11.4 Å². The van der Waals surface area contributed by atoms with Gasteiger partial charge < -0.3 is 9.64 Å². The number of piperidine rings is 1. The number of nitrogens with zero attached hydrogens (tertiary/aromatic N) is 3. The lowest BCUT2D eigenvalue weighted by Gasteiger charge is -2.33. The standard InChI is InChI=1S/C16H16ClN3O3/c17-15-10-12(20(21)22)3-4-16(15)23-14-5-8-19(9-6-14)13-2-1-7-18-11-13/h1-4,7,10-11,14H,5-6,8-9H2. The molecule has 0 atom stereocenters. The Morgan fingerprint density at radius 3 is 2.70 bits per heavy atom. The number of nitro groups is 1. The van der Waals surface area contributed by atoms with Gasteiger partial charge in [-0.25, -0.2) is 0 Å². The van der Waals surface area contributed by atoms with Crippen LogP contribution in [-0.2, 0) is 0 Å². The fourth-order valence-electron chi connectivity index (χ4n) is 2.65. The molecular weight excluding hydrogens is 318 g/mol. The monoisotopic (exact) mass is 333 g/mol. The number of ether oxygens (including phenoxy) is 1. The highest BCUT2D eigenvalue weighted by atomic mass is 35.5. The molecule has 1 aromatic carbocycles. The summed E-state index contributed by atoms with van der Waals surface area (Å²) in [5.41, 5.74) is 1.08. The summed E-state index contributed by atoms with van der Waals surface area (Å²) in [6.07, 6.45) is 5.40. The van der Waals surface area contributed by atoms with Crippen LogP contribution in [-0.4, -0.2) is 29.1 Å². The molecule has 3 rings (SSSR count). The third kappa shape index (κ3) is 3.71. The topological polar surface area (TPSA) is 68.5 Å². The zero-order valence-electron chi connectivity index (χ0n) is 12.4. The van der Waals surface area contributed by atoms with Crippen molar-refractivity contribution in [1.29, 1.82) is 0 Å². The lowest BCUT2D eigenvalue weighted by molar-refractivity contribution is -0.384. The Bertz CT molecular complexity index is 688. The van der Waals surface area contributed by atoms with E-state index in [1.165, 1.54) is 12.1 Å². The predicted octanol–water partition coefficient (Wildman–Crippen LogP) is 3.69. The first-order valence-corrected chi connectivity index (χ1v) is 7.77. The molecule has 1 aromatic heterocycles. The third-order valence-corrected chi connectivity index (χ3v) is 4.17. The quantitative estimate of drug-likeness (QED) is 0.630. The van der Waals surface area contributed by atoms with Gasteiger partial charge in [0, 0.05) is 44.3 Å². The molecule has 0 unspecified atom stereocenters. The minimum atomic E-state index is -0.470. The van der Waals surface area contributed by atoms with Crippen molar-refractivity contribution in [2.75, 3.05) is 18.0 Å². The van der Waals surface area contributed by atoms with Gasteiger partial charge in [-0.3, -0.25) is 15.1 Å². The number of non-ortho nitro benzene ring substituents is 1. The van der Waals surface area contributed by atoms with Crippen molar-refractivity contribution in [2.24, 2.45) is 0 Å². The molecule has 2 aromatic rings. The van der Waals surface area contributed by atoms with Crippen LogP contribution in [0.25, 0.3) is 0 Å². The van der Waals surface area contributed by atoms with Gasteiger partial charge in [-0.2, -0.15) is 0 Å². The van der Waals surface area contributed by atoms with Crippen LogP contribution in [0.5, 0.6) is 5.75 Å². The number of benzene rings is 1. The molecule has 23 heavy (non-hydrogen) atoms. The summed E-state index contributed by atoms with van der Waals surface area (Å²) in [7, 11) is 0. The van der Waals surface area contributed by atoms with Crippen LogP contribution >= 0.6 is 11.6 Å². The minimum absolute atomic E-state index is 0.0336. The van der Waals surface area contributed by atoms with Crippen molar-refractivity contribution < 1.29 is 9.66 Å². The van der Waals surface area contributed by atoms with Crippen molar-refractivity contribution in [3.63, 3.8) is 0 Å². The van der Waals surface area contributed by atoms with Crippen molar-refractivity contribution in [3.05, 3.63) is 57.9 Å². The highest BCUT2D eigenvalue weighted by molar-refractivity contribution is 6.32. The summed E-state index contributed by atoms with van der Waals surface area (Å²) in [6, 6.07) is 8.26. The second-order valence-corrected chi connectivity index (χ2v) is 5.79. The molecule has 0 spiro atoms. The average Bonchev–Trinajstić information content (AvgIpc) is 2.58. The number of anilines is 1. The van der Waals surface area contributed by atoms with E-state index in [9.17, 15) is 10.1 Å². The fourth-order valence-corrected chi connectivity index (χ4v) is 2.87. The summed E-state index contributed by atoms with van der Waals surface area (Å²) < 4.78 is 5.91. The van der Waals surface area contributed by atoms with Gasteiger partial charge in [-0.1, -0.05) is 11.6 Å². The molecule has 1 fully saturated rings. The molecule has 1 aliphatic rings. The first kappa shape index (κ1) is 15.6. The minimum Gasteiger partial charge on any atom is -0.489 e. The van der Waals surface area contributed by atoms with Gasteiger partial charge in [0.15, 0.2) is 0 Å². The number of halogens is 1. The molecule has 0 aliphatic carbocycles. The molecule has 0 bridgehead atoms. The van der Waals surface area contributed by atoms with Crippen molar-refractivity contribution in [1.82, 2.24) is 4.98 Å². The van der Waals surface area contributed by atoms with Crippen LogP contribution in [0, 0.1) is 10.1 Å². The summed E-state index contributed by atoms with van der Waals surface area (Å²) in [6.45, 7) is 1.75. The maximum atomic E-state index is 10.7. The van der Waals surface area contributed by atoms with E-state index in [4.69, 9.17) is 16.3 Å². The smallest absolute Gasteiger partial charge is 0.271 e. The van der Waals surface area contributed by atoms with Gasteiger partial charge in [-0.15, -0.1) is 0 Å². The van der Waals surface area contributed by atoms with Crippen LogP contribution < -0.4 is 9.64 Å². The maximum Gasteiger partial charge on any atom is 0.271 e. The van der Waals surface area contributed by atoms with Gasteiger partial charge >= 0.3 is 0 Å². The Morgan fingerprint density at radius 2 is 2.09 bits per heavy atom. The van der Waals surface area contributed by atoms with Gasteiger partial charge in [-0.05, 0) is 18.2 Å². The van der Waals surface area contributed by atoms with Crippen molar-refractivity contribution >= 4 is 23.0 Å². The van der Waals surface area contributed by atoms with Crippen LogP contribution in [0.2, 0.25) is 5.02 Å². The first-order chi connectivity index (χ1) is 11.1. The van der Waals surface area contributed by atoms with E-state index in [-0.39, 0.29) is 16.8 Å². The number of hydrogen-bond acceptors (Lipinski definition) is 5. The van der Waals surface area contributed by atoms with Gasteiger partial charge in [0.05, 0.1) is 21.8 Å². The fraction of sp³-hybridized carbons (Fsp3) is 0.312. The van der Waals surface area contributed by atoms with Gasteiger partial charge in [0.2, 0.25) is 0 Å². The normalized spacial score (nSPS) is 15.4. The zero-order chi connectivity index (χ0) is 16.2. The van der Waals surface area contributed by atoms with E-state index in [2.05, 4.69) is 9.88 Å². The Labute approximate surface area is 138 Å². The Morgan fingerprint density at radius 1 is 1.30 bits per heavy atom. The molecule has 120 valence electrons. The van der Waals surface area contributed by atoms with E-state index >= 15 is 0 Å². The molecule has 0 saturated carbocycles. The molecule has 7 heteroatoms. The van der Waals surface area contributed by atoms with Crippen LogP contribution in [0.15, 0.2) is 42.7 Å². The SMILES string of the molecule is O=[N+]([O-])c1ccc(OC2CCN(c3cccnc3)CC2)c(Cl)c1. The summed E-state index contributed by atoms with van der Waals surface area (Å²) in [4.78, 5) is 16.7. The Balaban J connectivity index is 1.60. The Hall–Kier alpha value is -2.34. The van der Waals surface area contributed by atoms with E-state index in [0.717, 1.165) is 31.6 Å². The zero-order valence-corrected chi connectivity index (χ0v) is 13.1.